The van der Waals surface area contributed by atoms with E-state index >= 15 is 0 Å². The number of aromatic nitrogens is 3. The van der Waals surface area contributed by atoms with Gasteiger partial charge in [0.1, 0.15) is 11.2 Å². The lowest BCUT2D eigenvalue weighted by Crippen LogP contribution is -2.00. The molecule has 266 valence electrons. The van der Waals surface area contributed by atoms with Gasteiger partial charge in [0.25, 0.3) is 0 Å². The van der Waals surface area contributed by atoms with Crippen LogP contribution in [0.4, 0.5) is 0 Å². The van der Waals surface area contributed by atoms with Crippen LogP contribution in [-0.4, -0.2) is 15.0 Å². The van der Waals surface area contributed by atoms with Crippen molar-refractivity contribution in [2.45, 2.75) is 0 Å². The Balaban J connectivity index is 1.13. The van der Waals surface area contributed by atoms with E-state index in [1.54, 1.807) is 0 Å². The Kier molecular flexibility index (Phi) is 8.48. The van der Waals surface area contributed by atoms with Crippen LogP contribution in [0, 0.1) is 11.3 Å². The minimum Gasteiger partial charge on any atom is -0.456 e. The maximum atomic E-state index is 9.52. The van der Waals surface area contributed by atoms with Crippen LogP contribution in [-0.2, 0) is 0 Å². The van der Waals surface area contributed by atoms with Gasteiger partial charge in [0.15, 0.2) is 17.5 Å². The van der Waals surface area contributed by atoms with E-state index in [9.17, 15) is 5.26 Å². The Hall–Kier alpha value is -7.94. The van der Waals surface area contributed by atoms with Gasteiger partial charge in [-0.3, -0.25) is 0 Å². The predicted octanol–water partition coefficient (Wildman–Crippen LogP) is 13.3. The molecule has 0 spiro atoms. The van der Waals surface area contributed by atoms with Gasteiger partial charge in [-0.05, 0) is 93.0 Å². The maximum Gasteiger partial charge on any atom is 0.164 e. The van der Waals surface area contributed by atoms with E-state index in [1.807, 2.05) is 91.0 Å². The second-order valence-corrected chi connectivity index (χ2v) is 14.0. The van der Waals surface area contributed by atoms with Gasteiger partial charge >= 0.3 is 0 Å². The molecule has 0 radical (unpaired) electrons. The van der Waals surface area contributed by atoms with Crippen molar-refractivity contribution >= 4 is 21.9 Å². The molecule has 0 aliphatic rings. The van der Waals surface area contributed by atoms with Gasteiger partial charge in [0, 0.05) is 27.5 Å². The molecule has 10 rings (SSSR count). The van der Waals surface area contributed by atoms with Crippen molar-refractivity contribution in [1.82, 2.24) is 15.0 Å². The zero-order chi connectivity index (χ0) is 38.1. The van der Waals surface area contributed by atoms with E-state index in [4.69, 9.17) is 19.4 Å². The fourth-order valence-corrected chi connectivity index (χ4v) is 7.52. The second kappa shape index (κ2) is 14.4. The third-order valence-electron chi connectivity index (χ3n) is 10.3. The van der Waals surface area contributed by atoms with Crippen LogP contribution < -0.4 is 0 Å². The first-order valence-corrected chi connectivity index (χ1v) is 18.8. The molecule has 0 bridgehead atoms. The molecular weight excluding hydrogens is 697 g/mol. The van der Waals surface area contributed by atoms with E-state index in [0.717, 1.165) is 77.6 Å². The van der Waals surface area contributed by atoms with Gasteiger partial charge in [-0.1, -0.05) is 146 Å². The largest absolute Gasteiger partial charge is 0.456 e. The number of nitrogens with zero attached hydrogens (tertiary/aromatic N) is 4. The molecule has 5 nitrogen and oxygen atoms in total. The molecule has 0 aliphatic heterocycles. The summed E-state index contributed by atoms with van der Waals surface area (Å²) in [6, 6.07) is 68.2. The lowest BCUT2D eigenvalue weighted by Gasteiger charge is -2.11. The van der Waals surface area contributed by atoms with Gasteiger partial charge in [0.2, 0.25) is 0 Å². The normalized spacial score (nSPS) is 11.1. The Bertz CT molecular complexity index is 3130. The van der Waals surface area contributed by atoms with E-state index < -0.39 is 0 Å². The SMILES string of the molecule is N#Cc1cccc(-c2cccc(-c3nc(-c4ccccc4)nc(-c4ccc5c(c4)oc4cc(-c6ccccc6)cc(-c6cccc(-c7ccccc7)c6)c45)n3)c2)c1. The molecule has 10 aromatic rings. The molecule has 5 heteroatoms. The molecule has 2 aromatic heterocycles. The lowest BCUT2D eigenvalue weighted by molar-refractivity contribution is 0.669. The average molecular weight is 729 g/mol. The van der Waals surface area contributed by atoms with E-state index in [-0.39, 0.29) is 0 Å². The van der Waals surface area contributed by atoms with Crippen molar-refractivity contribution in [3.05, 3.63) is 200 Å². The van der Waals surface area contributed by atoms with Crippen LogP contribution in [0.15, 0.2) is 199 Å². The summed E-state index contributed by atoms with van der Waals surface area (Å²) in [5, 5.41) is 11.6. The molecule has 0 fully saturated rings. The zero-order valence-corrected chi connectivity index (χ0v) is 30.7. The molecule has 0 atom stereocenters. The standard InChI is InChI=1S/C52H32N4O/c53-33-34-13-10-20-38(27-34)40-22-12-24-42(29-40)51-54-50(37-18-8-3-9-19-37)55-52(56-51)43-25-26-45-47(31-43)57-48-32-44(36-16-6-2-7-17-36)30-46(49(45)48)41-23-11-21-39(28-41)35-14-4-1-5-15-35/h1-32H. The van der Waals surface area contributed by atoms with Crippen molar-refractivity contribution in [2.24, 2.45) is 0 Å². The maximum absolute atomic E-state index is 9.52. The van der Waals surface area contributed by atoms with Crippen molar-refractivity contribution in [2.75, 3.05) is 0 Å². The van der Waals surface area contributed by atoms with E-state index in [1.165, 1.54) is 5.56 Å². The molecule has 0 amide bonds. The molecule has 0 aliphatic carbocycles. The fourth-order valence-electron chi connectivity index (χ4n) is 7.52. The van der Waals surface area contributed by atoms with Gasteiger partial charge < -0.3 is 4.42 Å². The highest BCUT2D eigenvalue weighted by Gasteiger charge is 2.19. The summed E-state index contributed by atoms with van der Waals surface area (Å²) in [5.74, 6) is 1.67. The van der Waals surface area contributed by atoms with Crippen LogP contribution in [0.5, 0.6) is 0 Å². The zero-order valence-electron chi connectivity index (χ0n) is 30.7. The highest BCUT2D eigenvalue weighted by molar-refractivity contribution is 6.14. The summed E-state index contributed by atoms with van der Waals surface area (Å²) in [6.07, 6.45) is 0. The Morgan fingerprint density at radius 3 is 1.49 bits per heavy atom. The smallest absolute Gasteiger partial charge is 0.164 e. The van der Waals surface area contributed by atoms with E-state index in [0.29, 0.717) is 23.0 Å². The third-order valence-corrected chi connectivity index (χ3v) is 10.3. The van der Waals surface area contributed by atoms with Gasteiger partial charge in [-0.2, -0.15) is 5.26 Å². The van der Waals surface area contributed by atoms with Crippen LogP contribution >= 0.6 is 0 Å². The number of hydrogen-bond acceptors (Lipinski definition) is 5. The van der Waals surface area contributed by atoms with Gasteiger partial charge in [0.05, 0.1) is 11.6 Å². The molecule has 0 unspecified atom stereocenters. The summed E-state index contributed by atoms with van der Waals surface area (Å²) in [6.45, 7) is 0. The Morgan fingerprint density at radius 1 is 0.351 bits per heavy atom. The van der Waals surface area contributed by atoms with Crippen LogP contribution in [0.25, 0.3) is 101 Å². The molecule has 0 saturated carbocycles. The molecule has 57 heavy (non-hydrogen) atoms. The predicted molar refractivity (Wildman–Crippen MR) is 230 cm³/mol. The van der Waals surface area contributed by atoms with Gasteiger partial charge in [-0.15, -0.1) is 0 Å². The molecule has 8 aromatic carbocycles. The molecular formula is C52H32N4O. The monoisotopic (exact) mass is 728 g/mol. The van der Waals surface area contributed by atoms with E-state index in [2.05, 4.69) is 109 Å². The Labute approximate surface area is 329 Å². The first-order chi connectivity index (χ1) is 28.2. The summed E-state index contributed by atoms with van der Waals surface area (Å²) in [5.41, 5.74) is 13.4. The van der Waals surface area contributed by atoms with Crippen LogP contribution in [0.1, 0.15) is 5.56 Å². The minimum atomic E-state index is 0.541. The highest BCUT2D eigenvalue weighted by atomic mass is 16.3. The first-order valence-electron chi connectivity index (χ1n) is 18.8. The highest BCUT2D eigenvalue weighted by Crippen LogP contribution is 2.42. The summed E-state index contributed by atoms with van der Waals surface area (Å²) >= 11 is 0. The second-order valence-electron chi connectivity index (χ2n) is 14.0. The number of nitriles is 1. The molecule has 0 N–H and O–H groups in total. The van der Waals surface area contributed by atoms with Crippen LogP contribution in [0.2, 0.25) is 0 Å². The number of rotatable bonds is 7. The number of furan rings is 1. The fraction of sp³-hybridized carbons (Fsp3) is 0. The summed E-state index contributed by atoms with van der Waals surface area (Å²) < 4.78 is 6.77. The quantitative estimate of drug-likeness (QED) is 0.163. The topological polar surface area (TPSA) is 75.6 Å². The minimum absolute atomic E-state index is 0.541. The summed E-state index contributed by atoms with van der Waals surface area (Å²) in [4.78, 5) is 15.1. The number of fused-ring (bicyclic) bond motifs is 3. The number of benzene rings is 8. The van der Waals surface area contributed by atoms with Crippen molar-refractivity contribution in [1.29, 1.82) is 5.26 Å². The molecule has 0 saturated heterocycles. The molecule has 2 heterocycles. The lowest BCUT2D eigenvalue weighted by atomic mass is 9.92. The van der Waals surface area contributed by atoms with Crippen molar-refractivity contribution in [3.8, 4) is 84.7 Å². The van der Waals surface area contributed by atoms with Gasteiger partial charge in [-0.25, -0.2) is 15.0 Å². The first kappa shape index (κ1) is 33.6. The third kappa shape index (κ3) is 6.52. The average Bonchev–Trinajstić information content (AvgIpc) is 3.67. The Morgan fingerprint density at radius 2 is 0.825 bits per heavy atom. The number of hydrogen-bond donors (Lipinski definition) is 0. The van der Waals surface area contributed by atoms with Crippen molar-refractivity contribution in [3.63, 3.8) is 0 Å². The summed E-state index contributed by atoms with van der Waals surface area (Å²) in [7, 11) is 0. The van der Waals surface area contributed by atoms with Crippen molar-refractivity contribution < 1.29 is 4.42 Å². The van der Waals surface area contributed by atoms with Crippen LogP contribution in [0.3, 0.4) is 0 Å².